The summed E-state index contributed by atoms with van der Waals surface area (Å²) in [5.74, 6) is 0.215. The third-order valence-electron chi connectivity index (χ3n) is 4.16. The summed E-state index contributed by atoms with van der Waals surface area (Å²) in [6, 6.07) is 6.72. The lowest BCUT2D eigenvalue weighted by Gasteiger charge is -2.18. The molecule has 4 nitrogen and oxygen atoms in total. The predicted molar refractivity (Wildman–Crippen MR) is 103 cm³/mol. The van der Waals surface area contributed by atoms with Gasteiger partial charge < -0.3 is 15.8 Å². The molecule has 1 aromatic carbocycles. The maximum absolute atomic E-state index is 13.0. The van der Waals surface area contributed by atoms with Crippen LogP contribution in [0.3, 0.4) is 0 Å². The van der Waals surface area contributed by atoms with E-state index in [9.17, 15) is 4.39 Å². The van der Waals surface area contributed by atoms with Crippen LogP contribution in [0.1, 0.15) is 50.2 Å². The molecule has 0 bridgehead atoms. The maximum atomic E-state index is 13.0. The summed E-state index contributed by atoms with van der Waals surface area (Å²) >= 11 is 0. The molecule has 0 heterocycles. The second-order valence-electron chi connectivity index (χ2n) is 5.83. The first-order valence-corrected chi connectivity index (χ1v) is 8.03. The molecule has 1 atom stereocenters. The summed E-state index contributed by atoms with van der Waals surface area (Å²) in [6.07, 6.45) is 7.22. The van der Waals surface area contributed by atoms with Gasteiger partial charge in [0.1, 0.15) is 11.9 Å². The zero-order valence-electron chi connectivity index (χ0n) is 13.6. The van der Waals surface area contributed by atoms with Crippen LogP contribution in [-0.2, 0) is 4.74 Å². The van der Waals surface area contributed by atoms with Gasteiger partial charge in [-0.2, -0.15) is 0 Å². The van der Waals surface area contributed by atoms with Gasteiger partial charge in [0.15, 0.2) is 5.96 Å². The van der Waals surface area contributed by atoms with Gasteiger partial charge in [-0.1, -0.05) is 37.8 Å². The fourth-order valence-electron chi connectivity index (χ4n) is 2.85. The smallest absolute Gasteiger partial charge is 0.188 e. The average Bonchev–Trinajstić information content (AvgIpc) is 2.78. The van der Waals surface area contributed by atoms with Crippen LogP contribution < -0.4 is 11.1 Å². The Morgan fingerprint density at radius 3 is 2.43 bits per heavy atom. The van der Waals surface area contributed by atoms with Crippen LogP contribution in [0.15, 0.2) is 29.3 Å². The number of hydrogen-bond donors (Lipinski definition) is 2. The minimum Gasteiger partial charge on any atom is -0.375 e. The van der Waals surface area contributed by atoms with Gasteiger partial charge in [-0.05, 0) is 30.5 Å². The Kier molecular flexibility index (Phi) is 9.47. The van der Waals surface area contributed by atoms with Crippen LogP contribution in [0.25, 0.3) is 0 Å². The first-order chi connectivity index (χ1) is 10.7. The quantitative estimate of drug-likeness (QED) is 0.321. The third-order valence-corrected chi connectivity index (χ3v) is 4.16. The van der Waals surface area contributed by atoms with Gasteiger partial charge in [-0.25, -0.2) is 4.39 Å². The van der Waals surface area contributed by atoms with Gasteiger partial charge in [-0.3, -0.25) is 4.99 Å². The number of nitrogens with zero attached hydrogens (tertiary/aromatic N) is 1. The van der Waals surface area contributed by atoms with Crippen molar-refractivity contribution in [3.05, 3.63) is 35.6 Å². The Bertz CT molecular complexity index is 473. The molecule has 1 aliphatic carbocycles. The third kappa shape index (κ3) is 7.03. The Balaban J connectivity index is 0.00000264. The lowest BCUT2D eigenvalue weighted by molar-refractivity contribution is 0.111. The molecule has 1 fully saturated rings. The van der Waals surface area contributed by atoms with Crippen molar-refractivity contribution in [3.63, 3.8) is 0 Å². The van der Waals surface area contributed by atoms with Gasteiger partial charge in [0.05, 0.1) is 6.54 Å². The topological polar surface area (TPSA) is 59.6 Å². The number of rotatable bonds is 5. The maximum Gasteiger partial charge on any atom is 0.188 e. The molecule has 0 aromatic heterocycles. The molecular weight excluding hydrogens is 408 g/mol. The molecule has 0 saturated heterocycles. The lowest BCUT2D eigenvalue weighted by atomic mass is 10.1. The average molecular weight is 435 g/mol. The Morgan fingerprint density at radius 2 is 1.87 bits per heavy atom. The molecule has 0 amide bonds. The monoisotopic (exact) mass is 435 g/mol. The number of benzene rings is 1. The SMILES string of the molecule is COC(CN=C(N)NC1CCCCCC1)c1ccc(F)cc1.I. The molecule has 1 aromatic rings. The van der Waals surface area contributed by atoms with Crippen LogP contribution in [0, 0.1) is 5.82 Å². The molecule has 1 saturated carbocycles. The van der Waals surface area contributed by atoms with Gasteiger partial charge in [-0.15, -0.1) is 24.0 Å². The zero-order chi connectivity index (χ0) is 15.8. The molecule has 130 valence electrons. The molecule has 6 heteroatoms. The summed E-state index contributed by atoms with van der Waals surface area (Å²) in [5.41, 5.74) is 6.88. The van der Waals surface area contributed by atoms with Crippen molar-refractivity contribution in [1.82, 2.24) is 5.32 Å². The molecular formula is C17H27FIN3O. The number of aliphatic imine (C=N–C) groups is 1. The molecule has 0 aliphatic heterocycles. The van der Waals surface area contributed by atoms with Crippen LogP contribution in [-0.4, -0.2) is 25.7 Å². The fraction of sp³-hybridized carbons (Fsp3) is 0.588. The minimum atomic E-state index is -0.253. The highest BCUT2D eigenvalue weighted by Gasteiger charge is 2.13. The second-order valence-corrected chi connectivity index (χ2v) is 5.83. The van der Waals surface area contributed by atoms with Gasteiger partial charge in [0.25, 0.3) is 0 Å². The highest BCUT2D eigenvalue weighted by Crippen LogP contribution is 2.18. The predicted octanol–water partition coefficient (Wildman–Crippen LogP) is 3.76. The van der Waals surface area contributed by atoms with Crippen LogP contribution in [0.4, 0.5) is 4.39 Å². The normalized spacial score (nSPS) is 17.9. The van der Waals surface area contributed by atoms with Crippen molar-refractivity contribution in [2.24, 2.45) is 10.7 Å². The minimum absolute atomic E-state index is 0. The molecule has 0 radical (unpaired) electrons. The summed E-state index contributed by atoms with van der Waals surface area (Å²) in [4.78, 5) is 4.38. The van der Waals surface area contributed by atoms with E-state index >= 15 is 0 Å². The fourth-order valence-corrected chi connectivity index (χ4v) is 2.85. The summed E-state index contributed by atoms with van der Waals surface area (Å²) < 4.78 is 18.4. The van der Waals surface area contributed by atoms with E-state index in [2.05, 4.69) is 10.3 Å². The van der Waals surface area contributed by atoms with Crippen molar-refractivity contribution in [2.45, 2.75) is 50.7 Å². The lowest BCUT2D eigenvalue weighted by Crippen LogP contribution is -2.40. The Hall–Kier alpha value is -0.890. The number of nitrogens with two attached hydrogens (primary N) is 1. The molecule has 1 aliphatic rings. The molecule has 3 N–H and O–H groups in total. The molecule has 1 unspecified atom stereocenters. The van der Waals surface area contributed by atoms with E-state index in [-0.39, 0.29) is 35.9 Å². The number of ether oxygens (including phenoxy) is 1. The zero-order valence-corrected chi connectivity index (χ0v) is 16.0. The first-order valence-electron chi connectivity index (χ1n) is 8.03. The second kappa shape index (κ2) is 10.8. The van der Waals surface area contributed by atoms with Gasteiger partial charge in [0.2, 0.25) is 0 Å². The van der Waals surface area contributed by atoms with E-state index in [0.717, 1.165) is 18.4 Å². The van der Waals surface area contributed by atoms with E-state index in [1.54, 1.807) is 19.2 Å². The summed E-state index contributed by atoms with van der Waals surface area (Å²) in [7, 11) is 1.62. The summed E-state index contributed by atoms with van der Waals surface area (Å²) in [6.45, 7) is 0.424. The standard InChI is InChI=1S/C17H26FN3O.HI/c1-22-16(13-8-10-14(18)11-9-13)12-20-17(19)21-15-6-4-2-3-5-7-15;/h8-11,15-16H,2-7,12H2,1H3,(H3,19,20,21);1H. The molecule has 0 spiro atoms. The number of guanidine groups is 1. The largest absolute Gasteiger partial charge is 0.375 e. The highest BCUT2D eigenvalue weighted by molar-refractivity contribution is 14.0. The number of nitrogens with one attached hydrogen (secondary N) is 1. The first kappa shape index (κ1) is 20.2. The van der Waals surface area contributed by atoms with Crippen molar-refractivity contribution >= 4 is 29.9 Å². The highest BCUT2D eigenvalue weighted by atomic mass is 127. The van der Waals surface area contributed by atoms with Crippen LogP contribution >= 0.6 is 24.0 Å². The van der Waals surface area contributed by atoms with Crippen molar-refractivity contribution in [3.8, 4) is 0 Å². The molecule has 23 heavy (non-hydrogen) atoms. The van der Waals surface area contributed by atoms with Gasteiger partial charge in [0, 0.05) is 13.2 Å². The van der Waals surface area contributed by atoms with Crippen LogP contribution in [0.5, 0.6) is 0 Å². The Morgan fingerprint density at radius 1 is 1.26 bits per heavy atom. The Labute approximate surface area is 155 Å². The van der Waals surface area contributed by atoms with E-state index in [0.29, 0.717) is 18.5 Å². The summed E-state index contributed by atoms with van der Waals surface area (Å²) in [5, 5.41) is 3.31. The number of methoxy groups -OCH3 is 1. The van der Waals surface area contributed by atoms with E-state index in [4.69, 9.17) is 10.5 Å². The van der Waals surface area contributed by atoms with Crippen molar-refractivity contribution in [1.29, 1.82) is 0 Å². The van der Waals surface area contributed by atoms with Crippen molar-refractivity contribution in [2.75, 3.05) is 13.7 Å². The molecule has 2 rings (SSSR count). The van der Waals surface area contributed by atoms with E-state index in [1.165, 1.54) is 37.8 Å². The van der Waals surface area contributed by atoms with Crippen molar-refractivity contribution < 1.29 is 9.13 Å². The number of hydrogen-bond acceptors (Lipinski definition) is 2. The van der Waals surface area contributed by atoms with Gasteiger partial charge >= 0.3 is 0 Å². The van der Waals surface area contributed by atoms with E-state index < -0.39 is 0 Å². The van der Waals surface area contributed by atoms with E-state index in [1.807, 2.05) is 0 Å². The number of halogens is 2. The van der Waals surface area contributed by atoms with Crippen LogP contribution in [0.2, 0.25) is 0 Å².